The summed E-state index contributed by atoms with van der Waals surface area (Å²) in [6.07, 6.45) is 4.51. The van der Waals surface area contributed by atoms with Gasteiger partial charge in [-0.15, -0.1) is 0 Å². The largest absolute Gasteiger partial charge is 0.390 e. The Labute approximate surface area is 200 Å². The molecular formula is C26H34N4O4. The number of fused-ring (bicyclic) bond motifs is 1. The molecule has 2 aromatic rings. The molecule has 2 N–H and O–H groups in total. The third-order valence-electron chi connectivity index (χ3n) is 7.49. The molecule has 0 spiro atoms. The highest BCUT2D eigenvalue weighted by Crippen LogP contribution is 2.51. The fraction of sp³-hybridized carbons (Fsp3) is 0.577. The van der Waals surface area contributed by atoms with Gasteiger partial charge in [-0.2, -0.15) is 5.10 Å². The number of aromatic nitrogens is 2. The van der Waals surface area contributed by atoms with E-state index in [1.54, 1.807) is 11.0 Å². The number of nitrogens with zero attached hydrogens (tertiary/aromatic N) is 3. The maximum atomic E-state index is 13.9. The molecule has 0 radical (unpaired) electrons. The molecule has 3 heterocycles. The number of likely N-dealkylation sites (N-methyl/N-ethyl adjacent to an activating group) is 1. The van der Waals surface area contributed by atoms with Crippen LogP contribution in [0.15, 0.2) is 24.3 Å². The number of aliphatic hydroxyl groups is 1. The smallest absolute Gasteiger partial charge is 0.251 e. The first kappa shape index (κ1) is 23.1. The molecule has 8 heteroatoms. The molecule has 2 amide bonds. The zero-order chi connectivity index (χ0) is 23.8. The summed E-state index contributed by atoms with van der Waals surface area (Å²) >= 11 is 0. The molecule has 1 aromatic heterocycles. The Balaban J connectivity index is 1.55. The lowest BCUT2D eigenvalue weighted by Gasteiger charge is -2.39. The Morgan fingerprint density at radius 1 is 1.21 bits per heavy atom. The van der Waals surface area contributed by atoms with E-state index in [9.17, 15) is 14.7 Å². The molecule has 3 aliphatic rings. The van der Waals surface area contributed by atoms with Crippen molar-refractivity contribution in [1.82, 2.24) is 15.1 Å². The Kier molecular flexibility index (Phi) is 6.44. The van der Waals surface area contributed by atoms with Gasteiger partial charge in [0.2, 0.25) is 0 Å². The van der Waals surface area contributed by atoms with E-state index >= 15 is 0 Å². The van der Waals surface area contributed by atoms with Crippen molar-refractivity contribution in [3.05, 3.63) is 46.6 Å². The highest BCUT2D eigenvalue weighted by Gasteiger charge is 2.51. The van der Waals surface area contributed by atoms with Crippen LogP contribution in [0.5, 0.6) is 0 Å². The van der Waals surface area contributed by atoms with E-state index in [0.717, 1.165) is 49.0 Å². The monoisotopic (exact) mass is 466 g/mol. The summed E-state index contributed by atoms with van der Waals surface area (Å²) in [6, 6.07) is 7.02. The van der Waals surface area contributed by atoms with Crippen molar-refractivity contribution in [3.8, 4) is 0 Å². The normalized spacial score (nSPS) is 23.1. The lowest BCUT2D eigenvalue weighted by molar-refractivity contribution is -0.121. The summed E-state index contributed by atoms with van der Waals surface area (Å²) in [7, 11) is 0. The molecule has 0 unspecified atom stereocenters. The zero-order valence-electron chi connectivity index (χ0n) is 20.0. The SMILES string of the molecule is CCc1cccc(C(=O)N[C@@H]2C(=O)N(CC)c3c(c(CO)nn3C3CCOCC3)[C@@H]2C2CC2)c1. The van der Waals surface area contributed by atoms with Crippen LogP contribution in [-0.4, -0.2) is 52.5 Å². The first-order valence-electron chi connectivity index (χ1n) is 12.6. The summed E-state index contributed by atoms with van der Waals surface area (Å²) in [5.74, 6) is 0.593. The van der Waals surface area contributed by atoms with Gasteiger partial charge in [0.05, 0.1) is 18.3 Å². The van der Waals surface area contributed by atoms with E-state index in [4.69, 9.17) is 9.84 Å². The Morgan fingerprint density at radius 2 is 1.97 bits per heavy atom. The van der Waals surface area contributed by atoms with E-state index in [1.165, 1.54) is 0 Å². The summed E-state index contributed by atoms with van der Waals surface area (Å²) in [5, 5.41) is 18.2. The number of ether oxygens (including phenoxy) is 1. The van der Waals surface area contributed by atoms with Gasteiger partial charge < -0.3 is 15.2 Å². The van der Waals surface area contributed by atoms with Crippen molar-refractivity contribution in [2.45, 2.75) is 70.6 Å². The molecule has 5 rings (SSSR count). The second-order valence-corrected chi connectivity index (χ2v) is 9.58. The summed E-state index contributed by atoms with van der Waals surface area (Å²) in [4.78, 5) is 28.9. The Hall–Kier alpha value is -2.71. The third-order valence-corrected chi connectivity index (χ3v) is 7.49. The number of nitrogens with one attached hydrogen (secondary N) is 1. The van der Waals surface area contributed by atoms with Crippen molar-refractivity contribution in [1.29, 1.82) is 0 Å². The maximum absolute atomic E-state index is 13.9. The van der Waals surface area contributed by atoms with Crippen LogP contribution in [0.1, 0.15) is 78.7 Å². The maximum Gasteiger partial charge on any atom is 0.251 e. The van der Waals surface area contributed by atoms with E-state index in [1.807, 2.05) is 29.8 Å². The van der Waals surface area contributed by atoms with Gasteiger partial charge in [0.25, 0.3) is 11.8 Å². The van der Waals surface area contributed by atoms with Crippen LogP contribution < -0.4 is 10.2 Å². The number of amides is 2. The summed E-state index contributed by atoms with van der Waals surface area (Å²) < 4.78 is 7.50. The van der Waals surface area contributed by atoms with E-state index < -0.39 is 6.04 Å². The van der Waals surface area contributed by atoms with Crippen LogP contribution in [0.25, 0.3) is 0 Å². The van der Waals surface area contributed by atoms with Crippen molar-refractivity contribution < 1.29 is 19.4 Å². The van der Waals surface area contributed by atoms with Gasteiger partial charge in [-0.3, -0.25) is 14.5 Å². The van der Waals surface area contributed by atoms with Crippen molar-refractivity contribution in [2.75, 3.05) is 24.7 Å². The van der Waals surface area contributed by atoms with E-state index in [-0.39, 0.29) is 30.4 Å². The molecule has 0 bridgehead atoms. The molecule has 1 saturated carbocycles. The van der Waals surface area contributed by atoms with Crippen molar-refractivity contribution in [3.63, 3.8) is 0 Å². The number of carbonyl (C=O) groups excluding carboxylic acids is 2. The number of carbonyl (C=O) groups is 2. The van der Waals surface area contributed by atoms with Crippen LogP contribution in [-0.2, 0) is 22.6 Å². The minimum atomic E-state index is -0.671. The van der Waals surface area contributed by atoms with Gasteiger partial charge in [-0.25, -0.2) is 4.68 Å². The molecular weight excluding hydrogens is 432 g/mol. The molecule has 1 aliphatic carbocycles. The highest BCUT2D eigenvalue weighted by atomic mass is 16.5. The van der Waals surface area contributed by atoms with Crippen LogP contribution >= 0.6 is 0 Å². The number of aliphatic hydroxyl groups excluding tert-OH is 1. The summed E-state index contributed by atoms with van der Waals surface area (Å²) in [6.45, 7) is 5.61. The van der Waals surface area contributed by atoms with Gasteiger partial charge in [0, 0.05) is 36.8 Å². The topological polar surface area (TPSA) is 96.7 Å². The lowest BCUT2D eigenvalue weighted by atomic mass is 9.82. The summed E-state index contributed by atoms with van der Waals surface area (Å²) in [5.41, 5.74) is 3.21. The number of hydrogen-bond acceptors (Lipinski definition) is 5. The van der Waals surface area contributed by atoms with Gasteiger partial charge in [0.1, 0.15) is 11.9 Å². The predicted octanol–water partition coefficient (Wildman–Crippen LogP) is 2.95. The molecule has 1 aromatic carbocycles. The lowest BCUT2D eigenvalue weighted by Crippen LogP contribution is -2.56. The van der Waals surface area contributed by atoms with Gasteiger partial charge >= 0.3 is 0 Å². The fourth-order valence-electron chi connectivity index (χ4n) is 5.57. The number of hydrogen-bond donors (Lipinski definition) is 2. The predicted molar refractivity (Wildman–Crippen MR) is 128 cm³/mol. The molecule has 182 valence electrons. The average Bonchev–Trinajstić information content (AvgIpc) is 3.65. The van der Waals surface area contributed by atoms with Gasteiger partial charge in [-0.05, 0) is 62.6 Å². The second-order valence-electron chi connectivity index (χ2n) is 9.58. The third kappa shape index (κ3) is 4.03. The molecule has 34 heavy (non-hydrogen) atoms. The van der Waals surface area contributed by atoms with Gasteiger partial charge in [-0.1, -0.05) is 19.1 Å². The van der Waals surface area contributed by atoms with Crippen LogP contribution in [0, 0.1) is 5.92 Å². The standard InChI is InChI=1S/C26H34N4O4/c1-3-16-6-5-7-18(14-16)24(32)27-23-21(17-8-9-17)22-20(15-31)28-30(19-10-12-34-13-11-19)25(22)29(4-2)26(23)33/h5-7,14,17,19,21,23,31H,3-4,8-13,15H2,1-2H3,(H,27,32)/t21-,23-/m0/s1. The minimum Gasteiger partial charge on any atom is -0.390 e. The van der Waals surface area contributed by atoms with E-state index in [0.29, 0.717) is 36.9 Å². The average molecular weight is 467 g/mol. The Bertz CT molecular complexity index is 1070. The van der Waals surface area contributed by atoms with Gasteiger partial charge in [0.15, 0.2) is 0 Å². The molecule has 8 nitrogen and oxygen atoms in total. The molecule has 2 atom stereocenters. The highest BCUT2D eigenvalue weighted by molar-refractivity contribution is 6.05. The molecule has 2 aliphatic heterocycles. The van der Waals surface area contributed by atoms with Crippen LogP contribution in [0.2, 0.25) is 0 Å². The first-order valence-corrected chi connectivity index (χ1v) is 12.6. The first-order chi connectivity index (χ1) is 16.6. The fourth-order valence-corrected chi connectivity index (χ4v) is 5.57. The molecule has 2 fully saturated rings. The number of benzene rings is 1. The van der Waals surface area contributed by atoms with E-state index in [2.05, 4.69) is 12.2 Å². The van der Waals surface area contributed by atoms with Crippen LogP contribution in [0.4, 0.5) is 5.82 Å². The zero-order valence-corrected chi connectivity index (χ0v) is 20.0. The van der Waals surface area contributed by atoms with Crippen molar-refractivity contribution in [2.24, 2.45) is 5.92 Å². The molecule has 1 saturated heterocycles. The van der Waals surface area contributed by atoms with Crippen molar-refractivity contribution >= 4 is 17.6 Å². The second kappa shape index (κ2) is 9.50. The number of anilines is 1. The Morgan fingerprint density at radius 3 is 2.62 bits per heavy atom. The quantitative estimate of drug-likeness (QED) is 0.654. The number of rotatable bonds is 7. The minimum absolute atomic E-state index is 0.0930. The number of aryl methyl sites for hydroxylation is 1. The van der Waals surface area contributed by atoms with Crippen LogP contribution in [0.3, 0.4) is 0 Å².